The van der Waals surface area contributed by atoms with Gasteiger partial charge in [-0.25, -0.2) is 0 Å². The van der Waals surface area contributed by atoms with Crippen molar-refractivity contribution >= 4 is 21.8 Å². The molecule has 1 aromatic carbocycles. The van der Waals surface area contributed by atoms with Gasteiger partial charge in [-0.3, -0.25) is 5.41 Å². The van der Waals surface area contributed by atoms with Crippen LogP contribution < -0.4 is 10.5 Å². The second-order valence-corrected chi connectivity index (χ2v) is 4.88. The Balaban J connectivity index is 2.74. The van der Waals surface area contributed by atoms with E-state index >= 15 is 0 Å². The molecule has 1 rings (SSSR count). The molecule has 0 unspecified atom stereocenters. The van der Waals surface area contributed by atoms with E-state index in [9.17, 15) is 0 Å². The normalized spacial score (nSPS) is 10.5. The largest absolute Gasteiger partial charge is 0.493 e. The van der Waals surface area contributed by atoms with E-state index < -0.39 is 0 Å². The number of nitrogens with one attached hydrogen (secondary N) is 1. The lowest BCUT2D eigenvalue weighted by Gasteiger charge is -2.14. The number of hydrogen-bond donors (Lipinski definition) is 2. The van der Waals surface area contributed by atoms with Gasteiger partial charge in [0.25, 0.3) is 0 Å². The molecule has 88 valence electrons. The standard InChI is InChI=1S/C12H17BrN2O/c1-8(2)10-7-9(13)3-4-11(10)16-6-5-12(14)15/h3-4,7-8H,5-6H2,1-2H3,(H3,14,15). The maximum absolute atomic E-state index is 7.12. The van der Waals surface area contributed by atoms with Crippen LogP contribution in [0.1, 0.15) is 31.7 Å². The third-order valence-electron chi connectivity index (χ3n) is 2.22. The second-order valence-electron chi connectivity index (χ2n) is 3.96. The van der Waals surface area contributed by atoms with Crippen molar-refractivity contribution in [3.05, 3.63) is 28.2 Å². The highest BCUT2D eigenvalue weighted by atomic mass is 79.9. The lowest BCUT2D eigenvalue weighted by Crippen LogP contribution is -2.14. The van der Waals surface area contributed by atoms with Gasteiger partial charge in [-0.05, 0) is 29.7 Å². The molecule has 0 saturated carbocycles. The van der Waals surface area contributed by atoms with E-state index in [0.717, 1.165) is 15.8 Å². The van der Waals surface area contributed by atoms with Gasteiger partial charge in [-0.1, -0.05) is 29.8 Å². The number of benzene rings is 1. The zero-order valence-corrected chi connectivity index (χ0v) is 11.2. The van der Waals surface area contributed by atoms with Gasteiger partial charge in [0.1, 0.15) is 5.75 Å². The molecule has 16 heavy (non-hydrogen) atoms. The molecule has 0 radical (unpaired) electrons. The van der Waals surface area contributed by atoms with Gasteiger partial charge in [-0.2, -0.15) is 0 Å². The monoisotopic (exact) mass is 284 g/mol. The van der Waals surface area contributed by atoms with Crippen molar-refractivity contribution < 1.29 is 4.74 Å². The van der Waals surface area contributed by atoms with Crippen LogP contribution in [0, 0.1) is 5.41 Å². The molecule has 4 heteroatoms. The summed E-state index contributed by atoms with van der Waals surface area (Å²) in [5.74, 6) is 1.44. The van der Waals surface area contributed by atoms with Crippen molar-refractivity contribution in [2.45, 2.75) is 26.2 Å². The van der Waals surface area contributed by atoms with Crippen LogP contribution in [0.15, 0.2) is 22.7 Å². The fraction of sp³-hybridized carbons (Fsp3) is 0.417. The van der Waals surface area contributed by atoms with Crippen LogP contribution in [0.4, 0.5) is 0 Å². The summed E-state index contributed by atoms with van der Waals surface area (Å²) in [4.78, 5) is 0. The SMILES string of the molecule is CC(C)c1cc(Br)ccc1OCCC(=N)N. The number of hydrogen-bond acceptors (Lipinski definition) is 2. The predicted molar refractivity (Wildman–Crippen MR) is 70.3 cm³/mol. The molecule has 0 aliphatic rings. The van der Waals surface area contributed by atoms with E-state index in [-0.39, 0.29) is 5.84 Å². The molecular formula is C12H17BrN2O. The lowest BCUT2D eigenvalue weighted by molar-refractivity contribution is 0.324. The van der Waals surface area contributed by atoms with E-state index in [2.05, 4.69) is 35.8 Å². The highest BCUT2D eigenvalue weighted by Gasteiger charge is 2.08. The van der Waals surface area contributed by atoms with E-state index in [1.54, 1.807) is 0 Å². The van der Waals surface area contributed by atoms with E-state index in [1.807, 2.05) is 12.1 Å². The fourth-order valence-electron chi connectivity index (χ4n) is 1.37. The Morgan fingerprint density at radius 3 is 2.75 bits per heavy atom. The third kappa shape index (κ3) is 3.85. The van der Waals surface area contributed by atoms with Gasteiger partial charge in [-0.15, -0.1) is 0 Å². The van der Waals surface area contributed by atoms with Crippen molar-refractivity contribution in [1.82, 2.24) is 0 Å². The topological polar surface area (TPSA) is 59.1 Å². The maximum Gasteiger partial charge on any atom is 0.122 e. The number of nitrogens with two attached hydrogens (primary N) is 1. The molecule has 0 atom stereocenters. The zero-order valence-electron chi connectivity index (χ0n) is 9.59. The summed E-state index contributed by atoms with van der Waals surface area (Å²) in [5, 5.41) is 7.12. The van der Waals surface area contributed by atoms with Crippen molar-refractivity contribution in [3.8, 4) is 5.75 Å². The van der Waals surface area contributed by atoms with Gasteiger partial charge in [0.2, 0.25) is 0 Å². The van der Waals surface area contributed by atoms with Crippen molar-refractivity contribution in [3.63, 3.8) is 0 Å². The molecule has 0 heterocycles. The molecule has 0 saturated heterocycles. The lowest BCUT2D eigenvalue weighted by atomic mass is 10.0. The summed E-state index contributed by atoms with van der Waals surface area (Å²) in [7, 11) is 0. The van der Waals surface area contributed by atoms with Crippen LogP contribution in [-0.4, -0.2) is 12.4 Å². The molecular weight excluding hydrogens is 268 g/mol. The molecule has 3 nitrogen and oxygen atoms in total. The number of amidine groups is 1. The molecule has 0 aliphatic heterocycles. The van der Waals surface area contributed by atoms with Crippen LogP contribution >= 0.6 is 15.9 Å². The molecule has 0 spiro atoms. The van der Waals surface area contributed by atoms with Gasteiger partial charge < -0.3 is 10.5 Å². The minimum Gasteiger partial charge on any atom is -0.493 e. The van der Waals surface area contributed by atoms with Gasteiger partial charge in [0.05, 0.1) is 12.4 Å². The van der Waals surface area contributed by atoms with Crippen LogP contribution in [0.25, 0.3) is 0 Å². The summed E-state index contributed by atoms with van der Waals surface area (Å²) in [6.45, 7) is 4.70. The average Bonchev–Trinajstić information content (AvgIpc) is 2.19. The van der Waals surface area contributed by atoms with Crippen LogP contribution in [0.2, 0.25) is 0 Å². The number of ether oxygens (including phenoxy) is 1. The summed E-state index contributed by atoms with van der Waals surface area (Å²) < 4.78 is 6.67. The van der Waals surface area contributed by atoms with E-state index in [0.29, 0.717) is 18.9 Å². The Labute approximate surface area is 105 Å². The summed E-state index contributed by atoms with van der Waals surface area (Å²) in [6.07, 6.45) is 0.466. The molecule has 0 amide bonds. The minimum atomic E-state index is 0.156. The minimum absolute atomic E-state index is 0.156. The van der Waals surface area contributed by atoms with Gasteiger partial charge in [0.15, 0.2) is 0 Å². The van der Waals surface area contributed by atoms with Crippen molar-refractivity contribution in [2.24, 2.45) is 5.73 Å². The first-order chi connectivity index (χ1) is 7.50. The maximum atomic E-state index is 7.12. The summed E-state index contributed by atoms with van der Waals surface area (Å²) >= 11 is 3.45. The van der Waals surface area contributed by atoms with E-state index in [4.69, 9.17) is 15.9 Å². The molecule has 1 aromatic rings. The summed E-state index contributed by atoms with van der Waals surface area (Å²) in [6, 6.07) is 5.96. The predicted octanol–water partition coefficient (Wildman–Crippen LogP) is 3.28. The second kappa shape index (κ2) is 5.89. The third-order valence-corrected chi connectivity index (χ3v) is 2.72. The Kier molecular flexibility index (Phi) is 4.80. The fourth-order valence-corrected chi connectivity index (χ4v) is 1.75. The molecule has 0 aliphatic carbocycles. The van der Waals surface area contributed by atoms with Crippen molar-refractivity contribution in [2.75, 3.05) is 6.61 Å². The molecule has 0 bridgehead atoms. The van der Waals surface area contributed by atoms with Crippen LogP contribution in [-0.2, 0) is 0 Å². The van der Waals surface area contributed by atoms with Gasteiger partial charge >= 0.3 is 0 Å². The van der Waals surface area contributed by atoms with Crippen LogP contribution in [0.5, 0.6) is 5.75 Å². The smallest absolute Gasteiger partial charge is 0.122 e. The highest BCUT2D eigenvalue weighted by Crippen LogP contribution is 2.29. The Bertz CT molecular complexity index is 377. The molecule has 0 fully saturated rings. The van der Waals surface area contributed by atoms with Crippen molar-refractivity contribution in [1.29, 1.82) is 5.41 Å². The Morgan fingerprint density at radius 2 is 2.19 bits per heavy atom. The first kappa shape index (κ1) is 13.0. The number of halogens is 1. The van der Waals surface area contributed by atoms with Gasteiger partial charge in [0, 0.05) is 10.9 Å². The van der Waals surface area contributed by atoms with E-state index in [1.165, 1.54) is 0 Å². The Morgan fingerprint density at radius 1 is 1.50 bits per heavy atom. The first-order valence-electron chi connectivity index (χ1n) is 5.26. The summed E-state index contributed by atoms with van der Waals surface area (Å²) in [5.41, 5.74) is 6.44. The Hall–Kier alpha value is -1.03. The molecule has 0 aromatic heterocycles. The highest BCUT2D eigenvalue weighted by molar-refractivity contribution is 9.10. The quantitative estimate of drug-likeness (QED) is 0.644. The molecule has 3 N–H and O–H groups in total. The first-order valence-corrected chi connectivity index (χ1v) is 6.05. The zero-order chi connectivity index (χ0) is 12.1. The van der Waals surface area contributed by atoms with Crippen LogP contribution in [0.3, 0.4) is 0 Å². The number of rotatable bonds is 5. The average molecular weight is 285 g/mol.